The minimum atomic E-state index is -0.966. The van der Waals surface area contributed by atoms with Crippen LogP contribution in [0.4, 0.5) is 0 Å². The van der Waals surface area contributed by atoms with Gasteiger partial charge < -0.3 is 25.2 Å². The van der Waals surface area contributed by atoms with Gasteiger partial charge in [-0.1, -0.05) is 56.3 Å². The number of hydrogen-bond acceptors (Lipinski definition) is 5. The molecule has 2 aromatic rings. The van der Waals surface area contributed by atoms with Crippen LogP contribution in [0.3, 0.4) is 0 Å². The first-order valence-corrected chi connectivity index (χ1v) is 12.8. The third kappa shape index (κ3) is 7.18. The fraction of sp³-hybridized carbons (Fsp3) is 0.448. The van der Waals surface area contributed by atoms with Crippen molar-refractivity contribution in [2.24, 2.45) is 0 Å². The SMILES string of the molecule is CCOc1cc(CN[C@H]2CC(C(=O)O)=C[C@@H](OC(CC)CC)[C@@H]2NC(C)=O)ccc1-c1ccccc1. The zero-order valence-electron chi connectivity index (χ0n) is 21.6. The second-order valence-corrected chi connectivity index (χ2v) is 9.08. The van der Waals surface area contributed by atoms with Crippen molar-refractivity contribution < 1.29 is 24.2 Å². The van der Waals surface area contributed by atoms with E-state index >= 15 is 0 Å². The van der Waals surface area contributed by atoms with Gasteiger partial charge in [-0.3, -0.25) is 4.79 Å². The monoisotopic (exact) mass is 494 g/mol. The molecule has 3 N–H and O–H groups in total. The van der Waals surface area contributed by atoms with E-state index in [1.54, 1.807) is 6.08 Å². The number of carboxylic acid groups (broad SMARTS) is 1. The predicted molar refractivity (Wildman–Crippen MR) is 141 cm³/mol. The summed E-state index contributed by atoms with van der Waals surface area (Å²) in [4.78, 5) is 24.0. The zero-order valence-corrected chi connectivity index (χ0v) is 21.6. The molecular weight excluding hydrogens is 456 g/mol. The molecule has 1 amide bonds. The summed E-state index contributed by atoms with van der Waals surface area (Å²) in [5.41, 5.74) is 3.39. The first-order chi connectivity index (χ1) is 17.4. The second kappa shape index (κ2) is 13.2. The summed E-state index contributed by atoms with van der Waals surface area (Å²) in [6.45, 7) is 8.54. The minimum absolute atomic E-state index is 0.0180. The lowest BCUT2D eigenvalue weighted by Crippen LogP contribution is -2.58. The minimum Gasteiger partial charge on any atom is -0.493 e. The van der Waals surface area contributed by atoms with Crippen molar-refractivity contribution in [3.8, 4) is 16.9 Å². The second-order valence-electron chi connectivity index (χ2n) is 9.08. The Labute approximate surface area is 213 Å². The van der Waals surface area contributed by atoms with Crippen molar-refractivity contribution in [2.75, 3.05) is 6.61 Å². The summed E-state index contributed by atoms with van der Waals surface area (Å²) in [5, 5.41) is 16.3. The van der Waals surface area contributed by atoms with E-state index in [0.717, 1.165) is 35.3 Å². The molecule has 0 spiro atoms. The van der Waals surface area contributed by atoms with E-state index in [1.807, 2.05) is 57.2 Å². The molecule has 0 aromatic heterocycles. The number of hydrogen-bond donors (Lipinski definition) is 3. The first-order valence-electron chi connectivity index (χ1n) is 12.8. The van der Waals surface area contributed by atoms with Crippen LogP contribution >= 0.6 is 0 Å². The Bertz CT molecular complexity index is 1050. The number of amides is 1. The lowest BCUT2D eigenvalue weighted by Gasteiger charge is -2.38. The van der Waals surface area contributed by atoms with Crippen molar-refractivity contribution in [1.29, 1.82) is 0 Å². The highest BCUT2D eigenvalue weighted by Crippen LogP contribution is 2.31. The normalized spacial score (nSPS) is 19.6. The highest BCUT2D eigenvalue weighted by Gasteiger charge is 2.37. The van der Waals surface area contributed by atoms with Gasteiger partial charge in [0.1, 0.15) is 5.75 Å². The largest absolute Gasteiger partial charge is 0.493 e. The average molecular weight is 495 g/mol. The van der Waals surface area contributed by atoms with Gasteiger partial charge in [0.05, 0.1) is 24.9 Å². The highest BCUT2D eigenvalue weighted by atomic mass is 16.5. The van der Waals surface area contributed by atoms with Gasteiger partial charge in [-0.05, 0) is 49.5 Å². The molecule has 1 aliphatic carbocycles. The number of nitrogens with one attached hydrogen (secondary N) is 2. The third-order valence-corrected chi connectivity index (χ3v) is 6.50. The van der Waals surface area contributed by atoms with Gasteiger partial charge in [-0.25, -0.2) is 4.79 Å². The summed E-state index contributed by atoms with van der Waals surface area (Å²) >= 11 is 0. The van der Waals surface area contributed by atoms with Crippen LogP contribution in [0.15, 0.2) is 60.2 Å². The van der Waals surface area contributed by atoms with Crippen LogP contribution in [-0.2, 0) is 20.9 Å². The molecule has 1 aliphatic rings. The maximum atomic E-state index is 12.1. The van der Waals surface area contributed by atoms with Gasteiger partial charge in [0.2, 0.25) is 5.91 Å². The van der Waals surface area contributed by atoms with E-state index in [0.29, 0.717) is 18.7 Å². The Morgan fingerprint density at radius 3 is 2.42 bits per heavy atom. The molecule has 36 heavy (non-hydrogen) atoms. The topological polar surface area (TPSA) is 96.9 Å². The molecule has 2 aromatic carbocycles. The van der Waals surface area contributed by atoms with E-state index < -0.39 is 12.1 Å². The van der Waals surface area contributed by atoms with Gasteiger partial charge >= 0.3 is 5.97 Å². The Hall–Kier alpha value is -3.16. The van der Waals surface area contributed by atoms with E-state index in [4.69, 9.17) is 9.47 Å². The number of benzene rings is 2. The lowest BCUT2D eigenvalue weighted by atomic mass is 9.87. The van der Waals surface area contributed by atoms with Crippen LogP contribution in [-0.4, -0.2) is 47.9 Å². The van der Waals surface area contributed by atoms with Crippen molar-refractivity contribution >= 4 is 11.9 Å². The molecule has 3 rings (SSSR count). The molecule has 0 saturated carbocycles. The quantitative estimate of drug-likeness (QED) is 0.396. The lowest BCUT2D eigenvalue weighted by molar-refractivity contribution is -0.133. The van der Waals surface area contributed by atoms with Crippen LogP contribution < -0.4 is 15.4 Å². The van der Waals surface area contributed by atoms with Gasteiger partial charge in [0.15, 0.2) is 0 Å². The predicted octanol–water partition coefficient (Wildman–Crippen LogP) is 4.70. The molecule has 0 radical (unpaired) electrons. The molecule has 7 nitrogen and oxygen atoms in total. The van der Waals surface area contributed by atoms with E-state index in [9.17, 15) is 14.7 Å². The number of ether oxygens (including phenoxy) is 2. The van der Waals surface area contributed by atoms with Crippen molar-refractivity contribution in [1.82, 2.24) is 10.6 Å². The van der Waals surface area contributed by atoms with Gasteiger partial charge in [-0.15, -0.1) is 0 Å². The maximum Gasteiger partial charge on any atom is 0.331 e. The van der Waals surface area contributed by atoms with Crippen LogP contribution in [0.25, 0.3) is 11.1 Å². The molecule has 0 bridgehead atoms. The van der Waals surface area contributed by atoms with Crippen LogP contribution in [0.2, 0.25) is 0 Å². The van der Waals surface area contributed by atoms with Crippen molar-refractivity contribution in [3.63, 3.8) is 0 Å². The van der Waals surface area contributed by atoms with Crippen LogP contribution in [0.1, 0.15) is 52.5 Å². The summed E-state index contributed by atoms with van der Waals surface area (Å²) in [7, 11) is 0. The van der Waals surface area contributed by atoms with Gasteiger partial charge in [-0.2, -0.15) is 0 Å². The summed E-state index contributed by atoms with van der Waals surface area (Å²) in [6, 6.07) is 15.5. The molecule has 0 unspecified atom stereocenters. The average Bonchev–Trinajstić information content (AvgIpc) is 2.87. The van der Waals surface area contributed by atoms with Crippen molar-refractivity contribution in [3.05, 3.63) is 65.7 Å². The molecule has 0 aliphatic heterocycles. The smallest absolute Gasteiger partial charge is 0.331 e. The van der Waals surface area contributed by atoms with Crippen molar-refractivity contribution in [2.45, 2.75) is 77.8 Å². The summed E-state index contributed by atoms with van der Waals surface area (Å²) in [5.74, 6) is -0.346. The fourth-order valence-electron chi connectivity index (χ4n) is 4.62. The van der Waals surface area contributed by atoms with E-state index in [2.05, 4.69) is 22.8 Å². The molecule has 194 valence electrons. The maximum absolute atomic E-state index is 12.1. The Kier molecular flexibility index (Phi) is 10.1. The Morgan fingerprint density at radius 1 is 1.08 bits per heavy atom. The Morgan fingerprint density at radius 2 is 1.81 bits per heavy atom. The number of carboxylic acids is 1. The molecule has 0 heterocycles. The fourth-order valence-corrected chi connectivity index (χ4v) is 4.62. The first kappa shape index (κ1) is 27.4. The standard InChI is InChI=1S/C29H38N2O5/c1-5-23(6-2)36-27-17-22(29(33)34)16-25(28(27)31-19(4)32)30-18-20-13-14-24(26(15-20)35-7-3)21-11-9-8-10-12-21/h8-15,17,23,25,27-28,30H,5-7,16,18H2,1-4H3,(H,31,32)(H,33,34)/t25-,27+,28+/m0/s1. The Balaban J connectivity index is 1.84. The number of rotatable bonds is 12. The van der Waals surface area contributed by atoms with Crippen LogP contribution in [0, 0.1) is 0 Å². The molecule has 0 saturated heterocycles. The molecule has 0 fully saturated rings. The number of carbonyl (C=O) groups is 2. The van der Waals surface area contributed by atoms with Crippen LogP contribution in [0.5, 0.6) is 5.75 Å². The van der Waals surface area contributed by atoms with Gasteiger partial charge in [0, 0.05) is 30.6 Å². The molecule has 3 atom stereocenters. The molecular formula is C29H38N2O5. The third-order valence-electron chi connectivity index (χ3n) is 6.50. The number of aliphatic carboxylic acids is 1. The molecule has 7 heteroatoms. The summed E-state index contributed by atoms with van der Waals surface area (Å²) < 4.78 is 12.2. The zero-order chi connectivity index (χ0) is 26.1. The highest BCUT2D eigenvalue weighted by molar-refractivity contribution is 5.87. The van der Waals surface area contributed by atoms with E-state index in [1.165, 1.54) is 6.92 Å². The number of carbonyl (C=O) groups excluding carboxylic acids is 1. The van der Waals surface area contributed by atoms with Gasteiger partial charge in [0.25, 0.3) is 0 Å². The summed E-state index contributed by atoms with van der Waals surface area (Å²) in [6.07, 6.45) is 3.00. The van der Waals surface area contributed by atoms with E-state index in [-0.39, 0.29) is 30.5 Å².